The van der Waals surface area contributed by atoms with Crippen molar-refractivity contribution in [2.24, 2.45) is 0 Å². The lowest BCUT2D eigenvalue weighted by molar-refractivity contribution is 0.646. The van der Waals surface area contributed by atoms with Gasteiger partial charge in [-0.25, -0.2) is 0 Å². The van der Waals surface area contributed by atoms with Crippen LogP contribution in [0.4, 0.5) is 0 Å². The third kappa shape index (κ3) is 10.2. The molecule has 11 heavy (non-hydrogen) atoms. The van der Waals surface area contributed by atoms with Crippen molar-refractivity contribution in [3.8, 4) is 0 Å². The lowest BCUT2D eigenvalue weighted by Crippen LogP contribution is -2.13. The number of nitrogens with one attached hydrogen (secondary N) is 1. The minimum atomic E-state index is -0.354. The number of unbranched alkanes of at least 4 members (excludes halogenated alkanes) is 2. The summed E-state index contributed by atoms with van der Waals surface area (Å²) in [6.07, 6.45) is 5.98. The fraction of sp³-hybridized carbons (Fsp3) is 0.750. The normalized spacial score (nSPS) is 12.2. The van der Waals surface area contributed by atoms with Gasteiger partial charge in [-0.15, -0.1) is 0 Å². The van der Waals surface area contributed by atoms with Crippen LogP contribution < -0.4 is 5.32 Å². The molecule has 0 atom stereocenters. The number of halogens is 1. The van der Waals surface area contributed by atoms with E-state index in [0.717, 1.165) is 13.1 Å². The standard InChI is InChI=1S/C8H18ClNSi/c1-2-10-7-5-3-4-6-8-11-9/h6,8,10H,2-5,7,11H2,1H3. The van der Waals surface area contributed by atoms with Gasteiger partial charge in [0.25, 0.3) is 0 Å². The largest absolute Gasteiger partial charge is 0.317 e. The van der Waals surface area contributed by atoms with E-state index in [4.69, 9.17) is 11.1 Å². The number of hydrogen-bond donors (Lipinski definition) is 1. The zero-order valence-electron chi connectivity index (χ0n) is 7.28. The van der Waals surface area contributed by atoms with Gasteiger partial charge in [-0.2, -0.15) is 11.1 Å². The minimum Gasteiger partial charge on any atom is -0.317 e. The first kappa shape index (κ1) is 11.2. The highest BCUT2D eigenvalue weighted by Gasteiger charge is 1.84. The summed E-state index contributed by atoms with van der Waals surface area (Å²) in [6, 6.07) is 0. The van der Waals surface area contributed by atoms with E-state index in [1.807, 2.05) is 0 Å². The molecule has 0 aromatic heterocycles. The van der Waals surface area contributed by atoms with Gasteiger partial charge in [0.2, 0.25) is 0 Å². The number of allylic oxidation sites excluding steroid dienone is 1. The van der Waals surface area contributed by atoms with Crippen LogP contribution in [0.25, 0.3) is 0 Å². The molecule has 0 fully saturated rings. The Balaban J connectivity index is 2.85. The monoisotopic (exact) mass is 191 g/mol. The zero-order valence-corrected chi connectivity index (χ0v) is 9.45. The zero-order chi connectivity index (χ0) is 8.36. The predicted octanol–water partition coefficient (Wildman–Crippen LogP) is 1.60. The van der Waals surface area contributed by atoms with Gasteiger partial charge < -0.3 is 5.32 Å². The van der Waals surface area contributed by atoms with E-state index in [0.29, 0.717) is 0 Å². The lowest BCUT2D eigenvalue weighted by Gasteiger charge is -1.98. The van der Waals surface area contributed by atoms with E-state index in [1.54, 1.807) is 0 Å². The molecule has 0 aliphatic rings. The molecule has 1 nitrogen and oxygen atoms in total. The lowest BCUT2D eigenvalue weighted by atomic mass is 10.2. The summed E-state index contributed by atoms with van der Waals surface area (Å²) in [5, 5.41) is 3.30. The van der Waals surface area contributed by atoms with Crippen LogP contribution in [-0.4, -0.2) is 21.9 Å². The van der Waals surface area contributed by atoms with E-state index in [-0.39, 0.29) is 8.83 Å². The van der Waals surface area contributed by atoms with E-state index in [1.165, 1.54) is 19.3 Å². The maximum Gasteiger partial charge on any atom is 0.148 e. The van der Waals surface area contributed by atoms with Crippen LogP contribution in [0.1, 0.15) is 26.2 Å². The van der Waals surface area contributed by atoms with Crippen LogP contribution in [0, 0.1) is 0 Å². The Morgan fingerprint density at radius 1 is 1.45 bits per heavy atom. The Morgan fingerprint density at radius 2 is 2.27 bits per heavy atom. The summed E-state index contributed by atoms with van der Waals surface area (Å²) in [5.41, 5.74) is 2.15. The van der Waals surface area contributed by atoms with Crippen molar-refractivity contribution in [2.45, 2.75) is 26.2 Å². The Labute approximate surface area is 76.7 Å². The molecule has 0 spiro atoms. The summed E-state index contributed by atoms with van der Waals surface area (Å²) in [7, 11) is -0.354. The van der Waals surface area contributed by atoms with Crippen LogP contribution in [-0.2, 0) is 0 Å². The SMILES string of the molecule is CCNCCCCC=C[SiH2]Cl. The van der Waals surface area contributed by atoms with Crippen LogP contribution in [0.15, 0.2) is 11.8 Å². The molecular weight excluding hydrogens is 174 g/mol. The van der Waals surface area contributed by atoms with Gasteiger partial charge in [0, 0.05) is 0 Å². The van der Waals surface area contributed by atoms with Crippen LogP contribution in [0.2, 0.25) is 0 Å². The van der Waals surface area contributed by atoms with E-state index in [9.17, 15) is 0 Å². The van der Waals surface area contributed by atoms with Crippen molar-refractivity contribution in [3.05, 3.63) is 11.8 Å². The van der Waals surface area contributed by atoms with Crippen molar-refractivity contribution in [1.29, 1.82) is 0 Å². The molecular formula is C8H18ClNSi. The number of hydrogen-bond acceptors (Lipinski definition) is 1. The van der Waals surface area contributed by atoms with Crippen molar-refractivity contribution < 1.29 is 0 Å². The molecule has 0 heterocycles. The fourth-order valence-electron chi connectivity index (χ4n) is 0.870. The summed E-state index contributed by atoms with van der Waals surface area (Å²) in [5.74, 6) is 0. The molecule has 0 unspecified atom stereocenters. The smallest absolute Gasteiger partial charge is 0.148 e. The average molecular weight is 192 g/mol. The van der Waals surface area contributed by atoms with Crippen molar-refractivity contribution in [2.75, 3.05) is 13.1 Å². The summed E-state index contributed by atoms with van der Waals surface area (Å²) in [4.78, 5) is 0. The second-order valence-electron chi connectivity index (χ2n) is 2.48. The molecule has 66 valence electrons. The molecule has 0 bridgehead atoms. The highest BCUT2D eigenvalue weighted by atomic mass is 35.6. The average Bonchev–Trinajstić information content (AvgIpc) is 2.03. The van der Waals surface area contributed by atoms with E-state index >= 15 is 0 Å². The molecule has 0 rings (SSSR count). The van der Waals surface area contributed by atoms with Crippen LogP contribution >= 0.6 is 11.1 Å². The Hall–Kier alpha value is 0.207. The quantitative estimate of drug-likeness (QED) is 0.366. The first-order valence-electron chi connectivity index (χ1n) is 4.33. The fourth-order valence-corrected chi connectivity index (χ4v) is 1.61. The van der Waals surface area contributed by atoms with Crippen molar-refractivity contribution in [1.82, 2.24) is 5.32 Å². The summed E-state index contributed by atoms with van der Waals surface area (Å²) >= 11 is 5.60. The van der Waals surface area contributed by atoms with Gasteiger partial charge in [-0.1, -0.05) is 18.7 Å². The molecule has 3 heteroatoms. The highest BCUT2D eigenvalue weighted by molar-refractivity contribution is 6.96. The van der Waals surface area contributed by atoms with Crippen LogP contribution in [0.5, 0.6) is 0 Å². The van der Waals surface area contributed by atoms with Gasteiger partial charge >= 0.3 is 0 Å². The van der Waals surface area contributed by atoms with Gasteiger partial charge in [0.05, 0.1) is 0 Å². The maximum atomic E-state index is 5.60. The first-order chi connectivity index (χ1) is 5.41. The first-order valence-corrected chi connectivity index (χ1v) is 7.29. The van der Waals surface area contributed by atoms with Crippen LogP contribution in [0.3, 0.4) is 0 Å². The second-order valence-corrected chi connectivity index (χ2v) is 4.18. The van der Waals surface area contributed by atoms with Crippen molar-refractivity contribution in [3.63, 3.8) is 0 Å². The molecule has 0 saturated heterocycles. The minimum absolute atomic E-state index is 0.354. The van der Waals surface area contributed by atoms with E-state index in [2.05, 4.69) is 24.0 Å². The van der Waals surface area contributed by atoms with Gasteiger partial charge in [-0.3, -0.25) is 0 Å². The third-order valence-corrected chi connectivity index (χ3v) is 2.53. The molecule has 0 amide bonds. The van der Waals surface area contributed by atoms with Gasteiger partial charge in [0.1, 0.15) is 8.83 Å². The highest BCUT2D eigenvalue weighted by Crippen LogP contribution is 1.94. The Morgan fingerprint density at radius 3 is 2.91 bits per heavy atom. The topological polar surface area (TPSA) is 12.0 Å². The number of rotatable bonds is 7. The van der Waals surface area contributed by atoms with Gasteiger partial charge in [-0.05, 0) is 32.4 Å². The van der Waals surface area contributed by atoms with Gasteiger partial charge in [0.15, 0.2) is 0 Å². The Bertz CT molecular complexity index is 96.1. The maximum absolute atomic E-state index is 5.60. The molecule has 0 aliphatic heterocycles. The Kier molecular flexibility index (Phi) is 10.4. The molecule has 1 N–H and O–H groups in total. The molecule has 0 radical (unpaired) electrons. The summed E-state index contributed by atoms with van der Waals surface area (Å²) in [6.45, 7) is 4.38. The summed E-state index contributed by atoms with van der Waals surface area (Å²) < 4.78 is 0. The molecule has 0 aliphatic carbocycles. The van der Waals surface area contributed by atoms with E-state index < -0.39 is 0 Å². The molecule has 0 aromatic carbocycles. The molecule has 0 aromatic rings. The van der Waals surface area contributed by atoms with Crippen molar-refractivity contribution >= 4 is 19.9 Å². The molecule has 0 saturated carbocycles. The predicted molar refractivity (Wildman–Crippen MR) is 55.9 cm³/mol. The third-order valence-electron chi connectivity index (χ3n) is 1.48. The second kappa shape index (κ2) is 10.2.